The average molecular weight is 454 g/mol. The van der Waals surface area contributed by atoms with Gasteiger partial charge in [-0.15, -0.1) is 0 Å². The SMILES string of the molecule is CC(=O)N(C)C[C@H]1Oc2ncc(C#Cc3ccc(F)cc3)cc2C(=O)N([C@H](C)CO)C[C@@H]1C. The standard InChI is InChI=1S/C25H28FN3O4/c1-16-13-29(17(2)15-30)25(32)22-11-20(6-5-19-7-9-21(26)10-8-19)12-27-24(22)33-23(16)14-28(4)18(3)31/h7-12,16-17,23,30H,13-15H2,1-4H3/t16-,17+,23+/m0/s1. The second-order valence-electron chi connectivity index (χ2n) is 8.36. The van der Waals surface area contributed by atoms with Gasteiger partial charge >= 0.3 is 0 Å². The van der Waals surface area contributed by atoms with Crippen molar-refractivity contribution in [3.8, 4) is 17.7 Å². The Labute approximate surface area is 193 Å². The summed E-state index contributed by atoms with van der Waals surface area (Å²) in [5.41, 5.74) is 1.36. The van der Waals surface area contributed by atoms with Gasteiger partial charge in [-0.3, -0.25) is 9.59 Å². The van der Waals surface area contributed by atoms with Crippen LogP contribution in [0.25, 0.3) is 0 Å². The molecule has 2 aromatic rings. The Balaban J connectivity index is 1.99. The Morgan fingerprint density at radius 2 is 2.00 bits per heavy atom. The number of pyridine rings is 1. The number of carbonyl (C=O) groups is 2. The first-order chi connectivity index (χ1) is 15.7. The second kappa shape index (κ2) is 10.5. The van der Waals surface area contributed by atoms with Crippen molar-refractivity contribution in [2.24, 2.45) is 5.92 Å². The number of ether oxygens (including phenoxy) is 1. The third kappa shape index (κ3) is 5.88. The van der Waals surface area contributed by atoms with Gasteiger partial charge in [0, 0.05) is 43.8 Å². The zero-order valence-corrected chi connectivity index (χ0v) is 19.2. The van der Waals surface area contributed by atoms with Crippen LogP contribution < -0.4 is 4.74 Å². The van der Waals surface area contributed by atoms with E-state index < -0.39 is 12.1 Å². The summed E-state index contributed by atoms with van der Waals surface area (Å²) in [7, 11) is 1.69. The number of rotatable bonds is 4. The van der Waals surface area contributed by atoms with Gasteiger partial charge in [0.1, 0.15) is 17.5 Å². The Hall–Kier alpha value is -3.44. The molecule has 174 valence electrons. The van der Waals surface area contributed by atoms with Crippen molar-refractivity contribution in [2.75, 3.05) is 26.7 Å². The highest BCUT2D eigenvalue weighted by Gasteiger charge is 2.34. The predicted molar refractivity (Wildman–Crippen MR) is 121 cm³/mol. The molecule has 1 aromatic carbocycles. The number of aliphatic hydroxyl groups is 1. The minimum Gasteiger partial charge on any atom is -0.472 e. The summed E-state index contributed by atoms with van der Waals surface area (Å²) in [5.74, 6) is 5.18. The second-order valence-corrected chi connectivity index (χ2v) is 8.36. The smallest absolute Gasteiger partial charge is 0.259 e. The number of hydrogen-bond donors (Lipinski definition) is 1. The van der Waals surface area contributed by atoms with Crippen LogP contribution in [-0.4, -0.2) is 70.6 Å². The number of aliphatic hydroxyl groups excluding tert-OH is 1. The number of carbonyl (C=O) groups excluding carboxylic acids is 2. The first kappa shape index (κ1) is 24.2. The molecule has 3 rings (SSSR count). The summed E-state index contributed by atoms with van der Waals surface area (Å²) >= 11 is 0. The molecule has 1 aliphatic rings. The molecule has 0 saturated heterocycles. The largest absolute Gasteiger partial charge is 0.472 e. The van der Waals surface area contributed by atoms with Gasteiger partial charge in [-0.1, -0.05) is 18.8 Å². The lowest BCUT2D eigenvalue weighted by Crippen LogP contribution is -2.50. The molecule has 0 radical (unpaired) electrons. The van der Waals surface area contributed by atoms with E-state index in [1.54, 1.807) is 42.0 Å². The molecule has 0 aliphatic carbocycles. The summed E-state index contributed by atoms with van der Waals surface area (Å²) < 4.78 is 19.2. The average Bonchev–Trinajstić information content (AvgIpc) is 2.80. The minimum absolute atomic E-state index is 0.0934. The van der Waals surface area contributed by atoms with Gasteiger partial charge in [0.2, 0.25) is 11.8 Å². The maximum Gasteiger partial charge on any atom is 0.259 e. The molecule has 0 unspecified atom stereocenters. The van der Waals surface area contributed by atoms with E-state index in [0.29, 0.717) is 24.2 Å². The normalized spacial score (nSPS) is 18.7. The molecule has 2 amide bonds. The Kier molecular flexibility index (Phi) is 7.67. The Morgan fingerprint density at radius 3 is 2.64 bits per heavy atom. The van der Waals surface area contributed by atoms with Gasteiger partial charge in [0.05, 0.1) is 19.2 Å². The monoisotopic (exact) mass is 453 g/mol. The van der Waals surface area contributed by atoms with E-state index in [9.17, 15) is 19.1 Å². The van der Waals surface area contributed by atoms with Crippen LogP contribution in [0.3, 0.4) is 0 Å². The Bertz CT molecular complexity index is 1080. The van der Waals surface area contributed by atoms with Crippen LogP contribution in [0.4, 0.5) is 4.39 Å². The van der Waals surface area contributed by atoms with Crippen molar-refractivity contribution in [3.63, 3.8) is 0 Å². The summed E-state index contributed by atoms with van der Waals surface area (Å²) in [6.45, 7) is 5.69. The lowest BCUT2D eigenvalue weighted by atomic mass is 10.00. The minimum atomic E-state index is -0.411. The van der Waals surface area contributed by atoms with Crippen molar-refractivity contribution in [3.05, 3.63) is 59.0 Å². The van der Waals surface area contributed by atoms with Crippen LogP contribution in [0, 0.1) is 23.6 Å². The van der Waals surface area contributed by atoms with Crippen molar-refractivity contribution in [1.82, 2.24) is 14.8 Å². The van der Waals surface area contributed by atoms with E-state index in [-0.39, 0.29) is 41.6 Å². The van der Waals surface area contributed by atoms with Gasteiger partial charge in [0.15, 0.2) is 0 Å². The molecule has 8 heteroatoms. The highest BCUT2D eigenvalue weighted by atomic mass is 19.1. The lowest BCUT2D eigenvalue weighted by molar-refractivity contribution is -0.129. The van der Waals surface area contributed by atoms with Crippen LogP contribution in [0.15, 0.2) is 36.5 Å². The predicted octanol–water partition coefficient (Wildman–Crippen LogP) is 2.32. The van der Waals surface area contributed by atoms with Gasteiger partial charge in [-0.25, -0.2) is 9.37 Å². The van der Waals surface area contributed by atoms with Crippen LogP contribution in [0.5, 0.6) is 5.88 Å². The quantitative estimate of drug-likeness (QED) is 0.719. The van der Waals surface area contributed by atoms with E-state index in [1.807, 2.05) is 6.92 Å². The number of fused-ring (bicyclic) bond motifs is 1. The number of aromatic nitrogens is 1. The summed E-state index contributed by atoms with van der Waals surface area (Å²) in [6.07, 6.45) is 1.11. The zero-order chi connectivity index (χ0) is 24.1. The Morgan fingerprint density at radius 1 is 1.33 bits per heavy atom. The van der Waals surface area contributed by atoms with Crippen LogP contribution >= 0.6 is 0 Å². The van der Waals surface area contributed by atoms with Crippen molar-refractivity contribution < 1.29 is 23.8 Å². The van der Waals surface area contributed by atoms with Gasteiger partial charge in [-0.2, -0.15) is 0 Å². The van der Waals surface area contributed by atoms with Crippen molar-refractivity contribution in [2.45, 2.75) is 32.9 Å². The molecular weight excluding hydrogens is 425 g/mol. The fourth-order valence-corrected chi connectivity index (χ4v) is 3.46. The third-order valence-corrected chi connectivity index (χ3v) is 5.71. The number of nitrogens with zero attached hydrogens (tertiary/aromatic N) is 3. The fourth-order valence-electron chi connectivity index (χ4n) is 3.46. The summed E-state index contributed by atoms with van der Waals surface area (Å²) in [5, 5.41) is 9.73. The van der Waals surface area contributed by atoms with Crippen LogP contribution in [0.1, 0.15) is 42.3 Å². The zero-order valence-electron chi connectivity index (χ0n) is 19.2. The molecule has 7 nitrogen and oxygen atoms in total. The van der Waals surface area contributed by atoms with E-state index in [0.717, 1.165) is 0 Å². The maximum atomic E-state index is 13.4. The molecule has 0 spiro atoms. The highest BCUT2D eigenvalue weighted by molar-refractivity contribution is 5.97. The van der Waals surface area contributed by atoms with Crippen LogP contribution in [0.2, 0.25) is 0 Å². The molecule has 33 heavy (non-hydrogen) atoms. The topological polar surface area (TPSA) is 83.0 Å². The molecule has 0 fully saturated rings. The number of likely N-dealkylation sites (N-methyl/N-ethyl adjacent to an activating group) is 1. The molecule has 1 aliphatic heterocycles. The van der Waals surface area contributed by atoms with Crippen molar-refractivity contribution in [1.29, 1.82) is 0 Å². The highest BCUT2D eigenvalue weighted by Crippen LogP contribution is 2.27. The molecule has 3 atom stereocenters. The number of hydrogen-bond acceptors (Lipinski definition) is 5. The molecule has 2 heterocycles. The first-order valence-electron chi connectivity index (χ1n) is 10.8. The van der Waals surface area contributed by atoms with E-state index >= 15 is 0 Å². The van der Waals surface area contributed by atoms with E-state index in [4.69, 9.17) is 4.74 Å². The van der Waals surface area contributed by atoms with E-state index in [1.165, 1.54) is 25.3 Å². The molecule has 0 saturated carbocycles. The summed E-state index contributed by atoms with van der Waals surface area (Å²) in [6, 6.07) is 6.99. The molecule has 0 bridgehead atoms. The number of amides is 2. The van der Waals surface area contributed by atoms with Gasteiger partial charge in [0.25, 0.3) is 5.91 Å². The summed E-state index contributed by atoms with van der Waals surface area (Å²) in [4.78, 5) is 32.7. The maximum absolute atomic E-state index is 13.4. The van der Waals surface area contributed by atoms with E-state index in [2.05, 4.69) is 16.8 Å². The molecule has 1 aromatic heterocycles. The van der Waals surface area contributed by atoms with Gasteiger partial charge < -0.3 is 19.6 Å². The van der Waals surface area contributed by atoms with Gasteiger partial charge in [-0.05, 0) is 37.3 Å². The third-order valence-electron chi connectivity index (χ3n) is 5.71. The first-order valence-corrected chi connectivity index (χ1v) is 10.8. The lowest BCUT2D eigenvalue weighted by Gasteiger charge is -2.37. The molecular formula is C25H28FN3O4. The number of halogens is 1. The van der Waals surface area contributed by atoms with Crippen molar-refractivity contribution >= 4 is 11.8 Å². The van der Waals surface area contributed by atoms with Crippen LogP contribution in [-0.2, 0) is 4.79 Å². The fraction of sp³-hybridized carbons (Fsp3) is 0.400. The molecule has 1 N–H and O–H groups in total. The number of benzene rings is 1.